The molecule has 1 aliphatic heterocycles. The number of aliphatic hydroxyl groups excluding tert-OH is 1. The van der Waals surface area contributed by atoms with Crippen LogP contribution in [0.3, 0.4) is 0 Å². The number of nitrogens with zero attached hydrogens (tertiary/aromatic N) is 3. The summed E-state index contributed by atoms with van der Waals surface area (Å²) in [5, 5.41) is 15.0. The van der Waals surface area contributed by atoms with Crippen molar-refractivity contribution < 1.29 is 9.63 Å². The lowest BCUT2D eigenvalue weighted by molar-refractivity contribution is 0.247. The molecule has 0 radical (unpaired) electrons. The molecule has 19 heavy (non-hydrogen) atoms. The van der Waals surface area contributed by atoms with Crippen molar-refractivity contribution in [2.45, 2.75) is 19.4 Å². The van der Waals surface area contributed by atoms with Crippen molar-refractivity contribution in [2.75, 3.05) is 19.7 Å². The van der Waals surface area contributed by atoms with Crippen molar-refractivity contribution in [2.24, 2.45) is 5.92 Å². The van der Waals surface area contributed by atoms with Gasteiger partial charge in [0.2, 0.25) is 0 Å². The Morgan fingerprint density at radius 1 is 1.53 bits per heavy atom. The number of hydrogen-bond donors (Lipinski definition) is 1. The van der Waals surface area contributed by atoms with Gasteiger partial charge in [-0.05, 0) is 36.8 Å². The van der Waals surface area contributed by atoms with Gasteiger partial charge in [0, 0.05) is 13.2 Å². The topological polar surface area (TPSA) is 62.4 Å². The molecular formula is C13H17N3O2S. The first-order valence-electron chi connectivity index (χ1n) is 6.55. The molecule has 0 aliphatic carbocycles. The molecular weight excluding hydrogens is 262 g/mol. The second kappa shape index (κ2) is 5.81. The summed E-state index contributed by atoms with van der Waals surface area (Å²) < 4.78 is 5.28. The molecule has 2 aromatic rings. The third kappa shape index (κ3) is 3.02. The first kappa shape index (κ1) is 12.8. The average Bonchev–Trinajstić information content (AvgIpc) is 3.10. The number of rotatable bonds is 5. The maximum absolute atomic E-state index is 8.95. The molecule has 1 saturated heterocycles. The number of aliphatic hydroxyl groups is 1. The van der Waals surface area contributed by atoms with Crippen LogP contribution in [-0.2, 0) is 6.54 Å². The van der Waals surface area contributed by atoms with Gasteiger partial charge in [-0.25, -0.2) is 0 Å². The average molecular weight is 279 g/mol. The Morgan fingerprint density at radius 2 is 2.47 bits per heavy atom. The normalized spacial score (nSPS) is 20.2. The highest BCUT2D eigenvalue weighted by Gasteiger charge is 2.23. The van der Waals surface area contributed by atoms with E-state index in [1.54, 1.807) is 11.3 Å². The first-order valence-corrected chi connectivity index (χ1v) is 7.43. The number of likely N-dealkylation sites (tertiary alicyclic amines) is 1. The highest BCUT2D eigenvalue weighted by molar-refractivity contribution is 7.13. The third-order valence-corrected chi connectivity index (χ3v) is 4.33. The molecule has 0 aromatic carbocycles. The molecule has 6 heteroatoms. The Kier molecular flexibility index (Phi) is 3.91. The third-order valence-electron chi connectivity index (χ3n) is 3.47. The van der Waals surface area contributed by atoms with Crippen molar-refractivity contribution in [1.82, 2.24) is 15.0 Å². The second-order valence-corrected chi connectivity index (χ2v) is 5.84. The van der Waals surface area contributed by atoms with Crippen LogP contribution in [-0.4, -0.2) is 39.8 Å². The van der Waals surface area contributed by atoms with E-state index in [9.17, 15) is 0 Å². The highest BCUT2D eigenvalue weighted by Crippen LogP contribution is 2.24. The van der Waals surface area contributed by atoms with Crippen LogP contribution in [0.25, 0.3) is 10.8 Å². The van der Waals surface area contributed by atoms with Crippen LogP contribution in [0.4, 0.5) is 0 Å². The lowest BCUT2D eigenvalue weighted by Gasteiger charge is -2.12. The van der Waals surface area contributed by atoms with Gasteiger partial charge < -0.3 is 9.63 Å². The van der Waals surface area contributed by atoms with Crippen LogP contribution in [0.2, 0.25) is 0 Å². The minimum atomic E-state index is 0.281. The van der Waals surface area contributed by atoms with Crippen LogP contribution >= 0.6 is 11.3 Å². The lowest BCUT2D eigenvalue weighted by atomic mass is 10.1. The highest BCUT2D eigenvalue weighted by atomic mass is 32.1. The van der Waals surface area contributed by atoms with Gasteiger partial charge in [0.15, 0.2) is 5.82 Å². The Balaban J connectivity index is 1.59. The lowest BCUT2D eigenvalue weighted by Crippen LogP contribution is -2.21. The molecule has 0 saturated carbocycles. The standard InChI is InChI=1S/C13H17N3O2S/c17-6-4-10-3-5-16(8-10)9-12-14-13(18-15-12)11-2-1-7-19-11/h1-2,7,10,17H,3-6,8-9H2. The van der Waals surface area contributed by atoms with Crippen molar-refractivity contribution in [3.8, 4) is 10.8 Å². The SMILES string of the molecule is OCCC1CCN(Cc2noc(-c3cccs3)n2)C1. The smallest absolute Gasteiger partial charge is 0.268 e. The van der Waals surface area contributed by atoms with E-state index in [4.69, 9.17) is 9.63 Å². The molecule has 2 aromatic heterocycles. The van der Waals surface area contributed by atoms with Gasteiger partial charge in [0.1, 0.15) is 0 Å². The van der Waals surface area contributed by atoms with Crippen molar-refractivity contribution in [3.05, 3.63) is 23.3 Å². The molecule has 3 rings (SSSR count). The summed E-state index contributed by atoms with van der Waals surface area (Å²) in [6.45, 7) is 3.08. The van der Waals surface area contributed by atoms with Gasteiger partial charge in [-0.2, -0.15) is 4.98 Å². The van der Waals surface area contributed by atoms with E-state index in [0.717, 1.165) is 43.2 Å². The predicted octanol–water partition coefficient (Wildman–Crippen LogP) is 2.00. The van der Waals surface area contributed by atoms with Crippen LogP contribution in [0.1, 0.15) is 18.7 Å². The quantitative estimate of drug-likeness (QED) is 0.907. The summed E-state index contributed by atoms with van der Waals surface area (Å²) in [6.07, 6.45) is 2.04. The Morgan fingerprint density at radius 3 is 3.26 bits per heavy atom. The first-order chi connectivity index (χ1) is 9.35. The molecule has 1 atom stereocenters. The zero-order chi connectivity index (χ0) is 13.1. The fourth-order valence-corrected chi connectivity index (χ4v) is 3.14. The van der Waals surface area contributed by atoms with Gasteiger partial charge in [0.05, 0.1) is 11.4 Å². The fourth-order valence-electron chi connectivity index (χ4n) is 2.49. The number of hydrogen-bond acceptors (Lipinski definition) is 6. The molecule has 0 bridgehead atoms. The monoisotopic (exact) mass is 279 g/mol. The summed E-state index contributed by atoms with van der Waals surface area (Å²) >= 11 is 1.60. The molecule has 5 nitrogen and oxygen atoms in total. The summed E-state index contributed by atoms with van der Waals surface area (Å²) in [6, 6.07) is 3.96. The van der Waals surface area contributed by atoms with E-state index in [-0.39, 0.29) is 6.61 Å². The van der Waals surface area contributed by atoms with Gasteiger partial charge >= 0.3 is 0 Å². The molecule has 102 valence electrons. The van der Waals surface area contributed by atoms with Gasteiger partial charge in [-0.1, -0.05) is 11.2 Å². The van der Waals surface area contributed by atoms with E-state index < -0.39 is 0 Å². The van der Waals surface area contributed by atoms with E-state index in [2.05, 4.69) is 15.0 Å². The Bertz CT molecular complexity index is 512. The van der Waals surface area contributed by atoms with E-state index in [1.807, 2.05) is 17.5 Å². The number of aromatic nitrogens is 2. The zero-order valence-electron chi connectivity index (χ0n) is 10.7. The fraction of sp³-hybridized carbons (Fsp3) is 0.538. The van der Waals surface area contributed by atoms with Gasteiger partial charge in [-0.3, -0.25) is 4.90 Å². The summed E-state index contributed by atoms with van der Waals surface area (Å²) in [5.74, 6) is 1.96. The van der Waals surface area contributed by atoms with Crippen LogP contribution in [0.5, 0.6) is 0 Å². The van der Waals surface area contributed by atoms with Crippen molar-refractivity contribution in [3.63, 3.8) is 0 Å². The molecule has 0 amide bonds. The summed E-state index contributed by atoms with van der Waals surface area (Å²) in [5.41, 5.74) is 0. The molecule has 3 heterocycles. The summed E-state index contributed by atoms with van der Waals surface area (Å²) in [4.78, 5) is 7.76. The Hall–Kier alpha value is -1.24. The van der Waals surface area contributed by atoms with E-state index in [1.165, 1.54) is 0 Å². The van der Waals surface area contributed by atoms with Crippen molar-refractivity contribution in [1.29, 1.82) is 0 Å². The molecule has 1 unspecified atom stereocenters. The van der Waals surface area contributed by atoms with E-state index in [0.29, 0.717) is 11.8 Å². The summed E-state index contributed by atoms with van der Waals surface area (Å²) in [7, 11) is 0. The molecule has 0 spiro atoms. The maximum atomic E-state index is 8.95. The minimum absolute atomic E-state index is 0.281. The van der Waals surface area contributed by atoms with E-state index >= 15 is 0 Å². The van der Waals surface area contributed by atoms with Crippen LogP contribution in [0, 0.1) is 5.92 Å². The molecule has 1 fully saturated rings. The van der Waals surface area contributed by atoms with Crippen LogP contribution in [0.15, 0.2) is 22.0 Å². The predicted molar refractivity (Wildman–Crippen MR) is 72.7 cm³/mol. The van der Waals surface area contributed by atoms with Crippen LogP contribution < -0.4 is 0 Å². The zero-order valence-corrected chi connectivity index (χ0v) is 11.5. The number of thiophene rings is 1. The van der Waals surface area contributed by atoms with Gasteiger partial charge in [-0.15, -0.1) is 11.3 Å². The van der Waals surface area contributed by atoms with Crippen molar-refractivity contribution >= 4 is 11.3 Å². The minimum Gasteiger partial charge on any atom is -0.396 e. The Labute approximate surface area is 115 Å². The largest absolute Gasteiger partial charge is 0.396 e. The molecule has 1 N–H and O–H groups in total. The van der Waals surface area contributed by atoms with Gasteiger partial charge in [0.25, 0.3) is 5.89 Å². The second-order valence-electron chi connectivity index (χ2n) is 4.90. The maximum Gasteiger partial charge on any atom is 0.268 e. The molecule has 1 aliphatic rings.